The molecule has 119 heavy (non-hydrogen) atoms. The summed E-state index contributed by atoms with van der Waals surface area (Å²) in [6, 6.07) is 20.8. The van der Waals surface area contributed by atoms with Crippen LogP contribution < -0.4 is 43.3 Å². The molecule has 0 bridgehead atoms. The van der Waals surface area contributed by atoms with Gasteiger partial charge in [-0.2, -0.15) is 26.3 Å². The zero-order valence-electron chi connectivity index (χ0n) is 62.7. The number of nitrogen functional groups attached to an aromatic ring is 2. The number of nitrogens with two attached hydrogens (primary N) is 3. The van der Waals surface area contributed by atoms with Gasteiger partial charge in [0.25, 0.3) is 0 Å². The second-order valence-corrected chi connectivity index (χ2v) is 31.5. The van der Waals surface area contributed by atoms with Gasteiger partial charge in [-0.25, -0.2) is 19.8 Å². The van der Waals surface area contributed by atoms with E-state index in [2.05, 4.69) is 87.1 Å². The summed E-state index contributed by atoms with van der Waals surface area (Å²) in [6.07, 6.45) is 17.5. The maximum Gasteiger partial charge on any atom is 0.311 e. The van der Waals surface area contributed by atoms with E-state index >= 15 is 0 Å². The molecule has 0 radical (unpaired) electrons. The first-order chi connectivity index (χ1) is 55.1. The number of thiophene rings is 5. The average Bonchev–Trinajstić information content (AvgIpc) is 1.74. The summed E-state index contributed by atoms with van der Waals surface area (Å²) in [5.41, 5.74) is 24.8. The first kappa shape index (κ1) is 102. The number of nitriles is 5. The maximum atomic E-state index is 11.2. The Morgan fingerprint density at radius 1 is 0.471 bits per heavy atom. The van der Waals surface area contributed by atoms with Gasteiger partial charge in [-0.05, 0) is 140 Å². The summed E-state index contributed by atoms with van der Waals surface area (Å²) in [5.74, 6) is -0.685. The van der Waals surface area contributed by atoms with Gasteiger partial charge in [0, 0.05) is 50.6 Å². The molecule has 10 aromatic heterocycles. The molecule has 34 nitrogen and oxygen atoms in total. The van der Waals surface area contributed by atoms with Crippen LogP contribution in [0, 0.1) is 94.4 Å². The fourth-order valence-corrected chi connectivity index (χ4v) is 17.0. The van der Waals surface area contributed by atoms with E-state index in [0.29, 0.717) is 98.1 Å². The van der Waals surface area contributed by atoms with E-state index in [9.17, 15) is 35.1 Å². The standard InChI is InChI=1S/2C14H14N4O3S.2C14H16N4OS.C7H3ClN2O2S.C7H11ClN2O.C3H7NO2.3CH4.CH3.Pd/c2*15-5-3-10-2-1-9(8-21-10)17-13-12(18(19)20)7-16-11-4-6-22-14(11)13;2*15-5-3-10-2-1-9(8-19-10)18-13-11(16)7-17-12-4-6-20-14(12)13;8-6-5(10(11)12)3-9-4-1-2-13-7(4)6;8-10-6-1-2-7(3-4-9)11-5-6;1-2(5)3(4)6;;;;;/h2*4,6-7,9-10H,1-3,8H2,(H,16,17);2*4,6-7,9-10H,1-3,8,16H2,(H,17,18);1-3H;6-7,10H,1-3,5H2;2,5H,1H3,(H2,4,6);3*1H4;1H3;/q;;;;;;;;;;-1;/t9-,10+;9-,10-;9-,10+;9-,10-;;6-,7?;2-;;;;;/m0000.01...../s1. The molecule has 5 saturated heterocycles. The monoisotopic (exact) mass is 1860 g/mol. The van der Waals surface area contributed by atoms with E-state index in [0.717, 1.165) is 116 Å². The Morgan fingerprint density at radius 2 is 0.706 bits per heavy atom. The quantitative estimate of drug-likeness (QED) is 0.0127. The predicted octanol–water partition coefficient (Wildman–Crippen LogP) is 16.9. The van der Waals surface area contributed by atoms with Gasteiger partial charge in [-0.3, -0.25) is 45.1 Å². The number of hydrogen-bond donors (Lipinski definition) is 9. The molecule has 0 saturated carbocycles. The summed E-state index contributed by atoms with van der Waals surface area (Å²) in [7, 11) is 0. The number of halogens is 2. The summed E-state index contributed by atoms with van der Waals surface area (Å²) in [6.45, 7) is 4.05. The molecule has 15 heterocycles. The van der Waals surface area contributed by atoms with E-state index in [-0.39, 0.29) is 133 Å². The fourth-order valence-electron chi connectivity index (χ4n) is 12.2. The number of aliphatic hydroxyl groups excluding tert-OH is 1. The summed E-state index contributed by atoms with van der Waals surface area (Å²) >= 11 is 18.7. The number of ether oxygens (including phenoxy) is 5. The fraction of sp³-hybridized carbons (Fsp3) is 0.455. The molecule has 11 atom stereocenters. The van der Waals surface area contributed by atoms with Crippen molar-refractivity contribution >= 4 is 188 Å². The van der Waals surface area contributed by atoms with Crippen LogP contribution in [0.3, 0.4) is 0 Å². The minimum absolute atomic E-state index is 0. The van der Waals surface area contributed by atoms with Gasteiger partial charge in [0.2, 0.25) is 5.91 Å². The Balaban J connectivity index is 0.000000297. The maximum absolute atomic E-state index is 11.2. The number of aromatic nitrogens is 5. The Hall–Kier alpha value is -9.57. The van der Waals surface area contributed by atoms with Crippen LogP contribution in [0.4, 0.5) is 51.2 Å². The summed E-state index contributed by atoms with van der Waals surface area (Å²) < 4.78 is 32.4. The van der Waals surface area contributed by atoms with Crippen molar-refractivity contribution in [3.8, 4) is 30.3 Å². The third kappa shape index (κ3) is 29.4. The number of anilines is 6. The molecule has 10 aromatic rings. The van der Waals surface area contributed by atoms with E-state index in [4.69, 9.17) is 89.9 Å². The molecular formula is C77H96Cl2N21O13PdS5-. The molecule has 1 unspecified atom stereocenters. The molecule has 0 aliphatic carbocycles. The van der Waals surface area contributed by atoms with Crippen molar-refractivity contribution in [3.05, 3.63) is 131 Å². The number of primary amides is 1. The van der Waals surface area contributed by atoms with E-state index < -0.39 is 26.8 Å². The number of nitrogens with one attached hydrogen (secondary N) is 5. The van der Waals surface area contributed by atoms with Crippen molar-refractivity contribution < 1.29 is 68.8 Å². The molecular weight excluding hydrogens is 1760 g/mol. The number of nitrogens with zero attached hydrogens (tertiary/aromatic N) is 13. The van der Waals surface area contributed by atoms with Gasteiger partial charge in [0.1, 0.15) is 41.1 Å². The molecule has 0 spiro atoms. The summed E-state index contributed by atoms with van der Waals surface area (Å²) in [4.78, 5) is 64.6. The van der Waals surface area contributed by atoms with Gasteiger partial charge < -0.3 is 74.7 Å². The van der Waals surface area contributed by atoms with Crippen molar-refractivity contribution in [1.29, 1.82) is 26.3 Å². The van der Waals surface area contributed by atoms with Crippen molar-refractivity contribution in [3.63, 3.8) is 0 Å². The number of amides is 1. The van der Waals surface area contributed by atoms with E-state index in [1.54, 1.807) is 46.5 Å². The van der Waals surface area contributed by atoms with Gasteiger partial charge in [-0.15, -0.1) is 56.7 Å². The first-order valence-electron chi connectivity index (χ1n) is 35.9. The zero-order chi connectivity index (χ0) is 81.6. The molecule has 5 aliphatic rings. The largest absolute Gasteiger partial charge is 0.396 e. The Morgan fingerprint density at radius 3 is 0.950 bits per heavy atom. The van der Waals surface area contributed by atoms with Crippen molar-refractivity contribution in [2.24, 2.45) is 5.73 Å². The van der Waals surface area contributed by atoms with Crippen LogP contribution in [0.5, 0.6) is 0 Å². The van der Waals surface area contributed by atoms with Crippen LogP contribution >= 0.6 is 80.1 Å². The van der Waals surface area contributed by atoms with Gasteiger partial charge in [0.05, 0.1) is 227 Å². The number of aliphatic hydroxyl groups is 1. The number of fused-ring (bicyclic) bond motifs is 5. The predicted molar refractivity (Wildman–Crippen MR) is 468 cm³/mol. The van der Waals surface area contributed by atoms with Crippen LogP contribution in [0.2, 0.25) is 5.02 Å². The number of nitro groups is 3. The van der Waals surface area contributed by atoms with Crippen LogP contribution in [0.25, 0.3) is 51.1 Å². The third-order valence-corrected chi connectivity index (χ3v) is 23.7. The van der Waals surface area contributed by atoms with Gasteiger partial charge in [0.15, 0.2) is 0 Å². The molecule has 0 aromatic carbocycles. The zero-order valence-corrected chi connectivity index (χ0v) is 69.8. The minimum atomic E-state index is -1.01. The van der Waals surface area contributed by atoms with Crippen molar-refractivity contribution in [1.82, 2.24) is 29.8 Å². The van der Waals surface area contributed by atoms with E-state index in [1.807, 2.05) is 45.8 Å². The number of rotatable bonds is 18. The summed E-state index contributed by atoms with van der Waals surface area (Å²) in [5, 5.41) is 107. The van der Waals surface area contributed by atoms with Crippen LogP contribution in [0.15, 0.2) is 88.2 Å². The van der Waals surface area contributed by atoms with Crippen molar-refractivity contribution in [2.75, 3.05) is 65.8 Å². The Bertz CT molecular complexity index is 4850. The number of carbonyl (C=O) groups excluding carboxylic acids is 1. The van der Waals surface area contributed by atoms with Crippen LogP contribution in [-0.2, 0) is 48.9 Å². The number of pyridine rings is 5. The SMILES string of the molecule is C.C.C.C[C@@H](O)C(N)=O.N#CCC1CC[C@H](NCl)CO1.N#CC[C@@H]1CC[C@H](Nc2c(N)cnc3ccsc23)CO1.N#CC[C@@H]1CC[C@H](Nc2c([N+](=O)[O-])cnc3ccsc23)CO1.N#CC[C@H]1CC[C@H](Nc2c(N)cnc3ccsc23)CO1.N#CC[C@H]1CC[C@H](Nc2c([N+](=O)[O-])cnc3ccsc23)CO1.O=[N+]([O-])c1cnc2ccsc2c1Cl.[CH3-].[Pd]. The van der Waals surface area contributed by atoms with Crippen LogP contribution in [0.1, 0.15) is 126 Å². The Kier molecular flexibility index (Phi) is 44.3. The topological polar surface area (TPSA) is 534 Å². The molecule has 642 valence electrons. The smallest absolute Gasteiger partial charge is 0.311 e. The molecule has 1 amide bonds. The van der Waals surface area contributed by atoms with Gasteiger partial charge >= 0.3 is 17.1 Å². The van der Waals surface area contributed by atoms with Gasteiger partial charge in [-0.1, -0.05) is 33.9 Å². The molecule has 5 fully saturated rings. The first-order valence-corrected chi connectivity index (χ1v) is 41.0. The normalized spacial score (nSPS) is 20.2. The third-order valence-electron chi connectivity index (χ3n) is 18.3. The van der Waals surface area contributed by atoms with Crippen molar-refractivity contribution in [2.45, 2.75) is 192 Å². The molecule has 42 heteroatoms. The van der Waals surface area contributed by atoms with E-state index in [1.165, 1.54) is 59.5 Å². The molecule has 12 N–H and O–H groups in total. The van der Waals surface area contributed by atoms with Crippen LogP contribution in [-0.4, -0.2) is 151 Å². The second-order valence-electron chi connectivity index (χ2n) is 26.3. The minimum Gasteiger partial charge on any atom is -0.396 e. The number of hydrogen-bond acceptors (Lipinski definition) is 35. The molecule has 15 rings (SSSR count). The average molecular weight is 1860 g/mol. The number of carbonyl (C=O) groups is 1. The Labute approximate surface area is 732 Å². The molecule has 5 aliphatic heterocycles. The second kappa shape index (κ2) is 51.8.